The summed E-state index contributed by atoms with van der Waals surface area (Å²) in [4.78, 5) is 30.6. The Balaban J connectivity index is 3.06. The molecule has 0 atom stereocenters. The van der Waals surface area contributed by atoms with Gasteiger partial charge < -0.3 is 4.90 Å². The number of hydrogen-bond donors (Lipinski definition) is 0. The summed E-state index contributed by atoms with van der Waals surface area (Å²) in [6.45, 7) is 2.19. The molecule has 1 rings (SSSR count). The van der Waals surface area contributed by atoms with Gasteiger partial charge in [-0.2, -0.15) is 5.26 Å². The molecule has 1 aromatic heterocycles. The third kappa shape index (κ3) is 3.52. The lowest BCUT2D eigenvalue weighted by Gasteiger charge is -2.23. The maximum absolute atomic E-state index is 12.3. The van der Waals surface area contributed by atoms with Gasteiger partial charge in [0.25, 0.3) is 5.91 Å². The Kier molecular flexibility index (Phi) is 5.01. The first-order valence-electron chi connectivity index (χ1n) is 5.91. The molecule has 0 aliphatic carbocycles. The van der Waals surface area contributed by atoms with Gasteiger partial charge in [0, 0.05) is 20.6 Å². The van der Waals surface area contributed by atoms with Crippen LogP contribution in [0.4, 0.5) is 4.79 Å². The van der Waals surface area contributed by atoms with E-state index in [1.54, 1.807) is 20.2 Å². The molecule has 3 amide bonds. The van der Waals surface area contributed by atoms with Crippen LogP contribution in [0.2, 0.25) is 0 Å². The monoisotopic (exact) mass is 260 g/mol. The van der Waals surface area contributed by atoms with Crippen molar-refractivity contribution in [3.05, 3.63) is 29.6 Å². The summed E-state index contributed by atoms with van der Waals surface area (Å²) in [7, 11) is 3.16. The zero-order valence-corrected chi connectivity index (χ0v) is 11.3. The molecule has 0 aromatic carbocycles. The van der Waals surface area contributed by atoms with E-state index in [-0.39, 0.29) is 11.4 Å². The van der Waals surface area contributed by atoms with Crippen LogP contribution in [0.3, 0.4) is 0 Å². The quantitative estimate of drug-likeness (QED) is 0.824. The smallest absolute Gasteiger partial charge is 0.326 e. The Labute approximate surface area is 112 Å². The number of urea groups is 1. The highest BCUT2D eigenvalue weighted by Gasteiger charge is 2.24. The lowest BCUT2D eigenvalue weighted by Crippen LogP contribution is -2.43. The lowest BCUT2D eigenvalue weighted by atomic mass is 10.2. The van der Waals surface area contributed by atoms with E-state index in [0.717, 1.165) is 4.90 Å². The predicted octanol–water partition coefficient (Wildman–Crippen LogP) is 1.49. The van der Waals surface area contributed by atoms with Crippen molar-refractivity contribution in [1.29, 1.82) is 5.26 Å². The maximum Gasteiger partial charge on any atom is 0.326 e. The van der Waals surface area contributed by atoms with Crippen LogP contribution < -0.4 is 0 Å². The van der Waals surface area contributed by atoms with E-state index in [1.165, 1.54) is 17.0 Å². The number of pyridine rings is 1. The summed E-state index contributed by atoms with van der Waals surface area (Å²) in [6, 6.07) is 6.05. The van der Waals surface area contributed by atoms with Crippen LogP contribution in [-0.2, 0) is 0 Å². The number of hydrogen-bond acceptors (Lipinski definition) is 4. The van der Waals surface area contributed by atoms with E-state index in [2.05, 4.69) is 4.98 Å². The van der Waals surface area contributed by atoms with Crippen molar-refractivity contribution in [1.82, 2.24) is 14.8 Å². The topological polar surface area (TPSA) is 77.3 Å². The van der Waals surface area contributed by atoms with Gasteiger partial charge in [0.2, 0.25) is 0 Å². The van der Waals surface area contributed by atoms with E-state index >= 15 is 0 Å². The zero-order chi connectivity index (χ0) is 14.4. The van der Waals surface area contributed by atoms with Gasteiger partial charge in [-0.15, -0.1) is 0 Å². The average molecular weight is 260 g/mol. The maximum atomic E-state index is 12.3. The first-order valence-corrected chi connectivity index (χ1v) is 5.91. The highest BCUT2D eigenvalue weighted by Crippen LogP contribution is 2.07. The van der Waals surface area contributed by atoms with Gasteiger partial charge >= 0.3 is 6.03 Å². The summed E-state index contributed by atoms with van der Waals surface area (Å²) < 4.78 is 0. The highest BCUT2D eigenvalue weighted by molar-refractivity contribution is 6.03. The van der Waals surface area contributed by atoms with Crippen LogP contribution in [0.15, 0.2) is 18.2 Å². The molecule has 0 aliphatic rings. The van der Waals surface area contributed by atoms with Crippen LogP contribution in [-0.4, -0.2) is 47.4 Å². The van der Waals surface area contributed by atoms with Gasteiger partial charge in [0.15, 0.2) is 0 Å². The van der Waals surface area contributed by atoms with Crippen LogP contribution in [0.1, 0.15) is 29.5 Å². The van der Waals surface area contributed by atoms with Crippen LogP contribution in [0, 0.1) is 11.3 Å². The third-order valence-electron chi connectivity index (χ3n) is 2.39. The number of amides is 3. The molecule has 0 spiro atoms. The largest absolute Gasteiger partial charge is 0.330 e. The molecule has 6 nitrogen and oxygen atoms in total. The molecular formula is C13H16N4O2. The molecule has 19 heavy (non-hydrogen) atoms. The van der Waals surface area contributed by atoms with Gasteiger partial charge in [-0.25, -0.2) is 9.78 Å². The van der Waals surface area contributed by atoms with Crippen molar-refractivity contribution in [2.75, 3.05) is 20.6 Å². The Hall–Kier alpha value is -2.42. The molecule has 1 heterocycles. The van der Waals surface area contributed by atoms with E-state index < -0.39 is 11.9 Å². The number of nitriles is 1. The first-order chi connectivity index (χ1) is 9.01. The van der Waals surface area contributed by atoms with Crippen molar-refractivity contribution in [2.24, 2.45) is 0 Å². The number of rotatable bonds is 3. The molecule has 0 bridgehead atoms. The zero-order valence-electron chi connectivity index (χ0n) is 11.3. The molecule has 6 heteroatoms. The molecule has 0 fully saturated rings. The van der Waals surface area contributed by atoms with Crippen molar-refractivity contribution in [2.45, 2.75) is 13.3 Å². The van der Waals surface area contributed by atoms with Gasteiger partial charge in [-0.1, -0.05) is 13.0 Å². The van der Waals surface area contributed by atoms with E-state index in [4.69, 9.17) is 5.26 Å². The second-order valence-corrected chi connectivity index (χ2v) is 4.15. The number of imide groups is 1. The molecule has 0 aliphatic heterocycles. The lowest BCUT2D eigenvalue weighted by molar-refractivity contribution is 0.0769. The third-order valence-corrected chi connectivity index (χ3v) is 2.39. The Morgan fingerprint density at radius 3 is 2.58 bits per heavy atom. The summed E-state index contributed by atoms with van der Waals surface area (Å²) in [5, 5.41) is 8.77. The predicted molar refractivity (Wildman–Crippen MR) is 69.4 cm³/mol. The average Bonchev–Trinajstić information content (AvgIpc) is 2.43. The molecule has 0 N–H and O–H groups in total. The van der Waals surface area contributed by atoms with Crippen LogP contribution in [0.25, 0.3) is 0 Å². The SMILES string of the molecule is CCCN(C(=O)c1cccc(C#N)n1)C(=O)N(C)C. The van der Waals surface area contributed by atoms with Gasteiger partial charge in [-0.05, 0) is 18.6 Å². The minimum Gasteiger partial charge on any atom is -0.330 e. The van der Waals surface area contributed by atoms with E-state index in [1.807, 2.05) is 13.0 Å². The fraction of sp³-hybridized carbons (Fsp3) is 0.385. The molecular weight excluding hydrogens is 244 g/mol. The number of carbonyl (C=O) groups is 2. The standard InChI is InChI=1S/C13H16N4O2/c1-4-8-17(13(19)16(2)3)12(18)11-7-5-6-10(9-14)15-11/h5-7H,4,8H2,1-3H3. The highest BCUT2D eigenvalue weighted by atomic mass is 16.2. The molecule has 0 radical (unpaired) electrons. The van der Waals surface area contributed by atoms with Gasteiger partial charge in [0.1, 0.15) is 17.5 Å². The molecule has 1 aromatic rings. The Morgan fingerprint density at radius 1 is 1.37 bits per heavy atom. The molecule has 0 unspecified atom stereocenters. The molecule has 100 valence electrons. The fourth-order valence-electron chi connectivity index (χ4n) is 1.50. The molecule has 0 saturated carbocycles. The number of carbonyl (C=O) groups excluding carboxylic acids is 2. The second-order valence-electron chi connectivity index (χ2n) is 4.15. The minimum atomic E-state index is -0.488. The normalized spacial score (nSPS) is 9.58. The van der Waals surface area contributed by atoms with E-state index in [9.17, 15) is 9.59 Å². The Morgan fingerprint density at radius 2 is 2.05 bits per heavy atom. The van der Waals surface area contributed by atoms with Crippen molar-refractivity contribution >= 4 is 11.9 Å². The summed E-state index contributed by atoms with van der Waals surface area (Å²) in [5.74, 6) is -0.488. The summed E-state index contributed by atoms with van der Waals surface area (Å²) in [6.07, 6.45) is 0.656. The Bertz CT molecular complexity index is 520. The number of aromatic nitrogens is 1. The van der Waals surface area contributed by atoms with Crippen molar-refractivity contribution < 1.29 is 9.59 Å². The van der Waals surface area contributed by atoms with Gasteiger partial charge in [0.05, 0.1) is 0 Å². The fourth-order valence-corrected chi connectivity index (χ4v) is 1.50. The number of nitrogens with zero attached hydrogens (tertiary/aromatic N) is 4. The van der Waals surface area contributed by atoms with Crippen molar-refractivity contribution in [3.63, 3.8) is 0 Å². The minimum absolute atomic E-state index is 0.0997. The molecule has 0 saturated heterocycles. The van der Waals surface area contributed by atoms with Crippen molar-refractivity contribution in [3.8, 4) is 6.07 Å². The first kappa shape index (κ1) is 14.6. The van der Waals surface area contributed by atoms with Crippen LogP contribution in [0.5, 0.6) is 0 Å². The summed E-state index contributed by atoms with van der Waals surface area (Å²) >= 11 is 0. The second kappa shape index (κ2) is 6.50. The summed E-state index contributed by atoms with van der Waals surface area (Å²) in [5.41, 5.74) is 0.252. The van der Waals surface area contributed by atoms with Crippen LogP contribution >= 0.6 is 0 Å². The van der Waals surface area contributed by atoms with Gasteiger partial charge in [-0.3, -0.25) is 9.69 Å². The van der Waals surface area contributed by atoms with E-state index in [0.29, 0.717) is 13.0 Å².